The zero-order valence-corrected chi connectivity index (χ0v) is 14.8. The SMILES string of the molecule is CCOC(=O)Cc1cccc(S(=O)(=O)N[C@H](C(=O)O)[C@@H](C)CC)c1. The lowest BCUT2D eigenvalue weighted by Crippen LogP contribution is -2.44. The molecule has 0 heterocycles. The number of aliphatic carboxylic acids is 1. The number of carboxylic acid groups (broad SMARTS) is 1. The molecule has 0 bridgehead atoms. The van der Waals surface area contributed by atoms with Crippen molar-refractivity contribution in [1.29, 1.82) is 0 Å². The van der Waals surface area contributed by atoms with Gasteiger partial charge in [0.1, 0.15) is 6.04 Å². The Morgan fingerprint density at radius 1 is 1.29 bits per heavy atom. The molecule has 1 aromatic carbocycles. The fourth-order valence-electron chi connectivity index (χ4n) is 2.08. The Balaban J connectivity index is 3.02. The van der Waals surface area contributed by atoms with Gasteiger partial charge in [-0.2, -0.15) is 4.72 Å². The number of sulfonamides is 1. The Kier molecular flexibility index (Phi) is 7.37. The van der Waals surface area contributed by atoms with E-state index in [2.05, 4.69) is 4.72 Å². The molecular weight excluding hydrogens is 334 g/mol. The van der Waals surface area contributed by atoms with Gasteiger partial charge >= 0.3 is 11.9 Å². The van der Waals surface area contributed by atoms with Crippen LogP contribution in [0.1, 0.15) is 32.8 Å². The Labute approximate surface area is 142 Å². The van der Waals surface area contributed by atoms with Crippen molar-refractivity contribution in [3.05, 3.63) is 29.8 Å². The van der Waals surface area contributed by atoms with Crippen LogP contribution in [0.4, 0.5) is 0 Å². The van der Waals surface area contributed by atoms with Crippen molar-refractivity contribution in [3.63, 3.8) is 0 Å². The molecule has 0 unspecified atom stereocenters. The zero-order chi connectivity index (χ0) is 18.3. The maximum Gasteiger partial charge on any atom is 0.322 e. The molecule has 0 amide bonds. The van der Waals surface area contributed by atoms with E-state index >= 15 is 0 Å². The molecule has 0 aliphatic carbocycles. The van der Waals surface area contributed by atoms with E-state index in [0.717, 1.165) is 0 Å². The van der Waals surface area contributed by atoms with Crippen LogP contribution in [0.15, 0.2) is 29.2 Å². The Hall–Kier alpha value is -1.93. The Morgan fingerprint density at radius 2 is 1.96 bits per heavy atom. The largest absolute Gasteiger partial charge is 0.480 e. The van der Waals surface area contributed by atoms with E-state index in [4.69, 9.17) is 4.74 Å². The lowest BCUT2D eigenvalue weighted by atomic mass is 10.0. The summed E-state index contributed by atoms with van der Waals surface area (Å²) in [6.45, 7) is 5.38. The highest BCUT2D eigenvalue weighted by Crippen LogP contribution is 2.16. The molecule has 0 spiro atoms. The van der Waals surface area contributed by atoms with Crippen LogP contribution in [0, 0.1) is 5.92 Å². The van der Waals surface area contributed by atoms with Gasteiger partial charge in [-0.15, -0.1) is 0 Å². The van der Waals surface area contributed by atoms with E-state index in [0.29, 0.717) is 12.0 Å². The van der Waals surface area contributed by atoms with Crippen LogP contribution in [0.5, 0.6) is 0 Å². The van der Waals surface area contributed by atoms with Gasteiger partial charge in [0.15, 0.2) is 0 Å². The standard InChI is InChI=1S/C16H23NO6S/c1-4-11(3)15(16(19)20)17-24(21,22)13-8-6-7-12(9-13)10-14(18)23-5-2/h6-9,11,15,17H,4-5,10H2,1-3H3,(H,19,20)/t11-,15-/m0/s1. The molecule has 24 heavy (non-hydrogen) atoms. The molecule has 7 nitrogen and oxygen atoms in total. The van der Waals surface area contributed by atoms with Gasteiger partial charge in [0, 0.05) is 0 Å². The van der Waals surface area contributed by atoms with Crippen molar-refractivity contribution in [1.82, 2.24) is 4.72 Å². The van der Waals surface area contributed by atoms with Gasteiger partial charge in [-0.05, 0) is 30.5 Å². The number of rotatable bonds is 9. The molecule has 0 aliphatic heterocycles. The van der Waals surface area contributed by atoms with Crippen LogP contribution in [-0.4, -0.2) is 38.1 Å². The van der Waals surface area contributed by atoms with E-state index in [1.54, 1.807) is 26.8 Å². The second-order valence-corrected chi connectivity index (χ2v) is 7.17. The van der Waals surface area contributed by atoms with Crippen molar-refractivity contribution in [3.8, 4) is 0 Å². The summed E-state index contributed by atoms with van der Waals surface area (Å²) < 4.78 is 31.9. The predicted octanol–water partition coefficient (Wildman–Crippen LogP) is 1.57. The molecule has 0 radical (unpaired) electrons. The molecule has 0 aromatic heterocycles. The number of carbonyl (C=O) groups is 2. The first-order valence-corrected chi connectivity index (χ1v) is 9.19. The summed E-state index contributed by atoms with van der Waals surface area (Å²) in [5.74, 6) is -2.04. The van der Waals surface area contributed by atoms with E-state index in [9.17, 15) is 23.1 Å². The number of hydrogen-bond acceptors (Lipinski definition) is 5. The quantitative estimate of drug-likeness (QED) is 0.649. The molecule has 0 fully saturated rings. The summed E-state index contributed by atoms with van der Waals surface area (Å²) in [5, 5.41) is 9.23. The van der Waals surface area contributed by atoms with Crippen LogP contribution in [-0.2, 0) is 30.8 Å². The van der Waals surface area contributed by atoms with E-state index < -0.39 is 28.0 Å². The number of carboxylic acids is 1. The number of hydrogen-bond donors (Lipinski definition) is 2. The smallest absolute Gasteiger partial charge is 0.322 e. The van der Waals surface area contributed by atoms with Crippen LogP contribution in [0.3, 0.4) is 0 Å². The molecule has 2 atom stereocenters. The number of ether oxygens (including phenoxy) is 1. The van der Waals surface area contributed by atoms with Gasteiger partial charge in [0.05, 0.1) is 17.9 Å². The monoisotopic (exact) mass is 357 g/mol. The van der Waals surface area contributed by atoms with E-state index in [-0.39, 0.29) is 23.8 Å². The average Bonchev–Trinajstić information content (AvgIpc) is 2.52. The minimum absolute atomic E-state index is 0.0507. The first-order valence-electron chi connectivity index (χ1n) is 7.71. The fourth-order valence-corrected chi connectivity index (χ4v) is 3.45. The van der Waals surface area contributed by atoms with Crippen LogP contribution in [0.2, 0.25) is 0 Å². The molecule has 0 saturated carbocycles. The normalized spacial score (nSPS) is 14.0. The van der Waals surface area contributed by atoms with Crippen molar-refractivity contribution in [2.24, 2.45) is 5.92 Å². The molecule has 134 valence electrons. The molecule has 0 aliphatic rings. The molecule has 1 rings (SSSR count). The molecule has 2 N–H and O–H groups in total. The number of carbonyl (C=O) groups excluding carboxylic acids is 1. The van der Waals surface area contributed by atoms with Gasteiger partial charge in [-0.1, -0.05) is 32.4 Å². The maximum atomic E-state index is 12.4. The summed E-state index contributed by atoms with van der Waals surface area (Å²) in [7, 11) is -4.01. The Bertz CT molecular complexity index is 686. The second kappa shape index (κ2) is 8.79. The lowest BCUT2D eigenvalue weighted by Gasteiger charge is -2.20. The molecule has 8 heteroatoms. The minimum Gasteiger partial charge on any atom is -0.480 e. The third-order valence-corrected chi connectivity index (χ3v) is 5.06. The van der Waals surface area contributed by atoms with Crippen molar-refractivity contribution >= 4 is 22.0 Å². The average molecular weight is 357 g/mol. The van der Waals surface area contributed by atoms with E-state index in [1.807, 2.05) is 0 Å². The summed E-state index contributed by atoms with van der Waals surface area (Å²) >= 11 is 0. The summed E-state index contributed by atoms with van der Waals surface area (Å²) in [6.07, 6.45) is 0.466. The van der Waals surface area contributed by atoms with Gasteiger partial charge in [0.2, 0.25) is 10.0 Å². The highest BCUT2D eigenvalue weighted by atomic mass is 32.2. The number of nitrogens with one attached hydrogen (secondary N) is 1. The topological polar surface area (TPSA) is 110 Å². The first kappa shape index (κ1) is 20.1. The molecular formula is C16H23NO6S. The van der Waals surface area contributed by atoms with Gasteiger partial charge in [-0.25, -0.2) is 8.42 Å². The molecule has 0 saturated heterocycles. The minimum atomic E-state index is -4.01. The summed E-state index contributed by atoms with van der Waals surface area (Å²) in [4.78, 5) is 22.7. The predicted molar refractivity (Wildman–Crippen MR) is 88.0 cm³/mol. The number of benzene rings is 1. The molecule has 1 aromatic rings. The van der Waals surface area contributed by atoms with Crippen LogP contribution in [0.25, 0.3) is 0 Å². The van der Waals surface area contributed by atoms with Crippen molar-refractivity contribution in [2.45, 2.75) is 44.6 Å². The van der Waals surface area contributed by atoms with Gasteiger partial charge in [-0.3, -0.25) is 9.59 Å². The first-order chi connectivity index (χ1) is 11.2. The highest BCUT2D eigenvalue weighted by molar-refractivity contribution is 7.89. The van der Waals surface area contributed by atoms with Crippen LogP contribution >= 0.6 is 0 Å². The van der Waals surface area contributed by atoms with Gasteiger partial charge < -0.3 is 9.84 Å². The maximum absolute atomic E-state index is 12.4. The van der Waals surface area contributed by atoms with Crippen molar-refractivity contribution < 1.29 is 27.9 Å². The fraction of sp³-hybridized carbons (Fsp3) is 0.500. The summed E-state index contributed by atoms with van der Waals surface area (Å²) in [5.41, 5.74) is 0.478. The third kappa shape index (κ3) is 5.61. The zero-order valence-electron chi connectivity index (χ0n) is 14.0. The second-order valence-electron chi connectivity index (χ2n) is 5.45. The Morgan fingerprint density at radius 3 is 2.50 bits per heavy atom. The third-order valence-electron chi connectivity index (χ3n) is 3.62. The van der Waals surface area contributed by atoms with E-state index in [1.165, 1.54) is 18.2 Å². The van der Waals surface area contributed by atoms with Gasteiger partial charge in [0.25, 0.3) is 0 Å². The highest BCUT2D eigenvalue weighted by Gasteiger charge is 2.29. The van der Waals surface area contributed by atoms with Crippen LogP contribution < -0.4 is 4.72 Å². The summed E-state index contributed by atoms with van der Waals surface area (Å²) in [6, 6.07) is 4.59. The number of esters is 1. The lowest BCUT2D eigenvalue weighted by molar-refractivity contribution is -0.142. The van der Waals surface area contributed by atoms with Crippen molar-refractivity contribution in [2.75, 3.05) is 6.61 Å².